The smallest absolute Gasteiger partial charge is 0.143 e. The summed E-state index contributed by atoms with van der Waals surface area (Å²) in [4.78, 5) is 2.37. The summed E-state index contributed by atoms with van der Waals surface area (Å²) in [6.07, 6.45) is 0. The predicted octanol–water partition coefficient (Wildman–Crippen LogP) is 16.5. The predicted molar refractivity (Wildman–Crippen MR) is 258 cm³/mol. The van der Waals surface area contributed by atoms with Crippen LogP contribution in [0.3, 0.4) is 0 Å². The topological polar surface area (TPSA) is 34.5 Å². The molecule has 13 rings (SSSR count). The van der Waals surface area contributed by atoms with E-state index in [0.29, 0.717) is 0 Å². The van der Waals surface area contributed by atoms with Gasteiger partial charge < -0.3 is 18.3 Å². The van der Waals surface area contributed by atoms with E-state index in [1.807, 2.05) is 12.1 Å². The maximum absolute atomic E-state index is 6.81. The summed E-state index contributed by atoms with van der Waals surface area (Å²) < 4.78 is 15.7. The fraction of sp³-hybridized carbons (Fsp3) is 0. The molecule has 0 fully saturated rings. The molecule has 0 amide bonds. The van der Waals surface area contributed by atoms with Crippen LogP contribution in [-0.2, 0) is 0 Å². The number of hydrogen-bond acceptors (Lipinski definition) is 3. The molecule has 0 saturated carbocycles. The summed E-state index contributed by atoms with van der Waals surface area (Å²) in [7, 11) is 0. The van der Waals surface area contributed by atoms with Gasteiger partial charge in [0, 0.05) is 66.1 Å². The first kappa shape index (κ1) is 34.5. The van der Waals surface area contributed by atoms with Gasteiger partial charge in [-0.05, 0) is 89.1 Å². The Hall–Kier alpha value is -8.34. The second-order valence-corrected chi connectivity index (χ2v) is 16.0. The summed E-state index contributed by atoms with van der Waals surface area (Å²) in [6, 6.07) is 77.9. The Morgan fingerprint density at radius 2 is 0.855 bits per heavy atom. The minimum absolute atomic E-state index is 0.876. The zero-order valence-electron chi connectivity index (χ0n) is 33.5. The highest BCUT2D eigenvalue weighted by molar-refractivity contribution is 6.14. The number of furan rings is 2. The minimum Gasteiger partial charge on any atom is -0.455 e. The van der Waals surface area contributed by atoms with Gasteiger partial charge in [0.05, 0.1) is 16.7 Å². The van der Waals surface area contributed by atoms with E-state index in [0.717, 1.165) is 94.3 Å². The molecule has 0 aliphatic carbocycles. The van der Waals surface area contributed by atoms with E-state index in [9.17, 15) is 0 Å². The van der Waals surface area contributed by atoms with Crippen LogP contribution in [-0.4, -0.2) is 4.57 Å². The number of para-hydroxylation sites is 6. The van der Waals surface area contributed by atoms with Crippen LogP contribution < -0.4 is 4.90 Å². The summed E-state index contributed by atoms with van der Waals surface area (Å²) in [5.74, 6) is 0. The van der Waals surface area contributed by atoms with Crippen molar-refractivity contribution in [3.63, 3.8) is 0 Å². The highest BCUT2D eigenvalue weighted by Crippen LogP contribution is 2.46. The van der Waals surface area contributed by atoms with Gasteiger partial charge in [0.2, 0.25) is 0 Å². The van der Waals surface area contributed by atoms with Gasteiger partial charge in [-0.3, -0.25) is 0 Å². The van der Waals surface area contributed by atoms with E-state index in [1.165, 1.54) is 27.2 Å². The highest BCUT2D eigenvalue weighted by Gasteiger charge is 2.22. The molecule has 0 saturated heterocycles. The van der Waals surface area contributed by atoms with Crippen LogP contribution in [0.25, 0.3) is 104 Å². The lowest BCUT2D eigenvalue weighted by Crippen LogP contribution is -2.11. The molecule has 0 aliphatic rings. The Balaban J connectivity index is 0.988. The molecule has 3 aromatic heterocycles. The first-order chi connectivity index (χ1) is 30.7. The summed E-state index contributed by atoms with van der Waals surface area (Å²) in [5.41, 5.74) is 14.4. The van der Waals surface area contributed by atoms with Crippen LogP contribution in [0.4, 0.5) is 17.1 Å². The Labute approximate surface area is 356 Å². The van der Waals surface area contributed by atoms with Gasteiger partial charge in [0.25, 0.3) is 0 Å². The van der Waals surface area contributed by atoms with Gasteiger partial charge in [-0.25, -0.2) is 0 Å². The van der Waals surface area contributed by atoms with E-state index < -0.39 is 0 Å². The SMILES string of the molecule is c1ccc(N(c2ccc(-c3cccc4c3oc3ccccc34)cc2)c2ccc(-n3c4ccccc4c4ccccc43)cc2)c(-c2cccc3c2oc2cc4ccccc4cc23)c1. The zero-order chi connectivity index (χ0) is 40.7. The van der Waals surface area contributed by atoms with Crippen molar-refractivity contribution in [3.8, 4) is 27.9 Å². The van der Waals surface area contributed by atoms with E-state index in [-0.39, 0.29) is 0 Å². The molecule has 0 N–H and O–H groups in total. The Morgan fingerprint density at radius 1 is 0.339 bits per heavy atom. The molecule has 3 heterocycles. The number of aromatic nitrogens is 1. The lowest BCUT2D eigenvalue weighted by Gasteiger charge is -2.28. The molecule has 0 bridgehead atoms. The van der Waals surface area contributed by atoms with Crippen LogP contribution in [0.1, 0.15) is 0 Å². The number of nitrogens with zero attached hydrogens (tertiary/aromatic N) is 2. The summed E-state index contributed by atoms with van der Waals surface area (Å²) >= 11 is 0. The number of rotatable bonds is 6. The van der Waals surface area contributed by atoms with Gasteiger partial charge in [-0.15, -0.1) is 0 Å². The van der Waals surface area contributed by atoms with Crippen molar-refractivity contribution in [2.75, 3.05) is 4.90 Å². The third kappa shape index (κ3) is 5.27. The third-order valence-corrected chi connectivity index (χ3v) is 12.6. The van der Waals surface area contributed by atoms with Crippen molar-refractivity contribution >= 4 is 93.5 Å². The lowest BCUT2D eigenvalue weighted by atomic mass is 9.98. The molecule has 0 atom stereocenters. The van der Waals surface area contributed by atoms with Gasteiger partial charge in [-0.2, -0.15) is 0 Å². The molecule has 4 heteroatoms. The van der Waals surface area contributed by atoms with E-state index in [4.69, 9.17) is 8.83 Å². The molecular weight excluding hydrogens is 757 g/mol. The second kappa shape index (κ2) is 13.6. The summed E-state index contributed by atoms with van der Waals surface area (Å²) in [5, 5.41) is 9.31. The van der Waals surface area contributed by atoms with Crippen molar-refractivity contribution in [2.24, 2.45) is 0 Å². The summed E-state index contributed by atoms with van der Waals surface area (Å²) in [6.45, 7) is 0. The number of benzene rings is 10. The molecule has 10 aromatic carbocycles. The molecule has 0 radical (unpaired) electrons. The fourth-order valence-corrected chi connectivity index (χ4v) is 9.74. The molecular formula is C58H36N2O2. The standard InChI is InChI=1S/C58H36N2O2/c1-2-14-39-36-56-51(35-38(39)13-1)50-22-12-20-48(58(50)62-56)46-17-5-7-23-52(46)59(40-29-27-37(28-30-40)43-19-11-21-49-47-18-6-10-26-55(47)61-57(43)49)41-31-33-42(34-32-41)60-53-24-8-3-15-44(53)45-16-4-9-25-54(45)60/h1-36H. The minimum atomic E-state index is 0.876. The van der Waals surface area contributed by atoms with E-state index in [1.54, 1.807) is 0 Å². The quantitative estimate of drug-likeness (QED) is 0.168. The molecule has 13 aromatic rings. The van der Waals surface area contributed by atoms with Crippen LogP contribution in [0, 0.1) is 0 Å². The monoisotopic (exact) mass is 792 g/mol. The van der Waals surface area contributed by atoms with Gasteiger partial charge in [-0.1, -0.05) is 146 Å². The number of fused-ring (bicyclic) bond motifs is 10. The Morgan fingerprint density at radius 3 is 1.60 bits per heavy atom. The first-order valence-corrected chi connectivity index (χ1v) is 21.1. The second-order valence-electron chi connectivity index (χ2n) is 16.0. The first-order valence-electron chi connectivity index (χ1n) is 21.1. The van der Waals surface area contributed by atoms with Crippen molar-refractivity contribution in [2.45, 2.75) is 0 Å². The maximum Gasteiger partial charge on any atom is 0.143 e. The third-order valence-electron chi connectivity index (χ3n) is 12.6. The Bertz CT molecular complexity index is 3810. The van der Waals surface area contributed by atoms with Gasteiger partial charge >= 0.3 is 0 Å². The zero-order valence-corrected chi connectivity index (χ0v) is 33.5. The molecule has 4 nitrogen and oxygen atoms in total. The van der Waals surface area contributed by atoms with Crippen molar-refractivity contribution in [3.05, 3.63) is 218 Å². The lowest BCUT2D eigenvalue weighted by molar-refractivity contribution is 0.670. The van der Waals surface area contributed by atoms with Crippen LogP contribution in [0.5, 0.6) is 0 Å². The molecule has 0 spiro atoms. The van der Waals surface area contributed by atoms with Crippen LogP contribution >= 0.6 is 0 Å². The highest BCUT2D eigenvalue weighted by atomic mass is 16.3. The average Bonchev–Trinajstić information content (AvgIpc) is 4.01. The Kier molecular flexibility index (Phi) is 7.57. The largest absolute Gasteiger partial charge is 0.455 e. The molecule has 0 aliphatic heterocycles. The van der Waals surface area contributed by atoms with Crippen LogP contribution in [0.15, 0.2) is 227 Å². The number of anilines is 3. The average molecular weight is 793 g/mol. The van der Waals surface area contributed by atoms with Crippen molar-refractivity contribution < 1.29 is 8.83 Å². The fourth-order valence-electron chi connectivity index (χ4n) is 9.74. The number of hydrogen-bond donors (Lipinski definition) is 0. The maximum atomic E-state index is 6.81. The van der Waals surface area contributed by atoms with Crippen molar-refractivity contribution in [1.29, 1.82) is 0 Å². The normalized spacial score (nSPS) is 11.9. The molecule has 0 unspecified atom stereocenters. The van der Waals surface area contributed by atoms with Gasteiger partial charge in [0.15, 0.2) is 0 Å². The molecule has 290 valence electrons. The van der Waals surface area contributed by atoms with Gasteiger partial charge in [0.1, 0.15) is 22.3 Å². The van der Waals surface area contributed by atoms with E-state index >= 15 is 0 Å². The molecule has 62 heavy (non-hydrogen) atoms. The van der Waals surface area contributed by atoms with E-state index in [2.05, 4.69) is 216 Å². The van der Waals surface area contributed by atoms with Crippen LogP contribution in [0.2, 0.25) is 0 Å². The van der Waals surface area contributed by atoms with Crippen molar-refractivity contribution in [1.82, 2.24) is 4.57 Å².